The number of nitrogens with zero attached hydrogens (tertiary/aromatic N) is 1. The third-order valence-corrected chi connectivity index (χ3v) is 4.61. The number of aliphatic hydroxyl groups excluding tert-OH is 1. The van der Waals surface area contributed by atoms with Crippen molar-refractivity contribution >= 4 is 11.9 Å². The zero-order chi connectivity index (χ0) is 14.5. The van der Waals surface area contributed by atoms with E-state index in [4.69, 9.17) is 5.11 Å². The minimum Gasteiger partial charge on any atom is -0.480 e. The second-order valence-electron chi connectivity index (χ2n) is 6.19. The van der Waals surface area contributed by atoms with Crippen LogP contribution >= 0.6 is 0 Å². The van der Waals surface area contributed by atoms with Crippen molar-refractivity contribution in [3.05, 3.63) is 0 Å². The Bertz CT molecular complexity index is 352. The number of carboxylic acids is 1. The zero-order valence-electron chi connectivity index (χ0n) is 12.0. The van der Waals surface area contributed by atoms with Crippen LogP contribution in [0.15, 0.2) is 0 Å². The average Bonchev–Trinajstić information content (AvgIpc) is 2.82. The normalized spacial score (nSPS) is 27.8. The molecular formula is C15H25NO4. The first-order valence-electron chi connectivity index (χ1n) is 7.78. The lowest BCUT2D eigenvalue weighted by molar-refractivity contribution is -0.148. The molecule has 1 aliphatic heterocycles. The van der Waals surface area contributed by atoms with Crippen molar-refractivity contribution in [1.29, 1.82) is 0 Å². The van der Waals surface area contributed by atoms with Gasteiger partial charge in [-0.2, -0.15) is 0 Å². The minimum absolute atomic E-state index is 0.121. The fourth-order valence-electron chi connectivity index (χ4n) is 3.48. The lowest BCUT2D eigenvalue weighted by Gasteiger charge is -2.23. The van der Waals surface area contributed by atoms with Gasteiger partial charge in [0.1, 0.15) is 6.04 Å². The van der Waals surface area contributed by atoms with Gasteiger partial charge in [0, 0.05) is 19.4 Å². The van der Waals surface area contributed by atoms with Gasteiger partial charge in [-0.1, -0.05) is 32.1 Å². The minimum atomic E-state index is -1.01. The van der Waals surface area contributed by atoms with Crippen LogP contribution in [0.3, 0.4) is 0 Å². The summed E-state index contributed by atoms with van der Waals surface area (Å²) in [5.74, 6) is -0.386. The van der Waals surface area contributed by atoms with Gasteiger partial charge in [0.2, 0.25) is 5.91 Å². The first-order valence-corrected chi connectivity index (χ1v) is 7.78. The Balaban J connectivity index is 1.74. The van der Waals surface area contributed by atoms with E-state index in [1.807, 2.05) is 0 Å². The molecule has 0 unspecified atom stereocenters. The maximum absolute atomic E-state index is 12.1. The van der Waals surface area contributed by atoms with Gasteiger partial charge in [0.15, 0.2) is 0 Å². The van der Waals surface area contributed by atoms with Crippen LogP contribution < -0.4 is 0 Å². The largest absolute Gasteiger partial charge is 0.480 e. The van der Waals surface area contributed by atoms with E-state index in [1.54, 1.807) is 0 Å². The SMILES string of the molecule is O=C(O)[C@@H]1C[C@@H](O)CN1C(=O)CCCC1CCCCC1. The monoisotopic (exact) mass is 283 g/mol. The van der Waals surface area contributed by atoms with Gasteiger partial charge in [-0.15, -0.1) is 0 Å². The van der Waals surface area contributed by atoms with Gasteiger partial charge >= 0.3 is 5.97 Å². The molecular weight excluding hydrogens is 258 g/mol. The molecule has 1 saturated carbocycles. The van der Waals surface area contributed by atoms with E-state index in [9.17, 15) is 14.7 Å². The average molecular weight is 283 g/mol. The Labute approximate surface area is 120 Å². The number of likely N-dealkylation sites (tertiary alicyclic amines) is 1. The van der Waals surface area contributed by atoms with Gasteiger partial charge in [-0.3, -0.25) is 4.79 Å². The highest BCUT2D eigenvalue weighted by Crippen LogP contribution is 2.28. The molecule has 114 valence electrons. The molecule has 20 heavy (non-hydrogen) atoms. The third-order valence-electron chi connectivity index (χ3n) is 4.61. The topological polar surface area (TPSA) is 77.8 Å². The van der Waals surface area contributed by atoms with Crippen molar-refractivity contribution in [2.45, 2.75) is 69.9 Å². The van der Waals surface area contributed by atoms with E-state index in [0.29, 0.717) is 6.42 Å². The molecule has 0 aromatic carbocycles. The number of carbonyl (C=O) groups excluding carboxylic acids is 1. The fraction of sp³-hybridized carbons (Fsp3) is 0.867. The molecule has 1 aliphatic carbocycles. The Hall–Kier alpha value is -1.10. The predicted molar refractivity (Wildman–Crippen MR) is 74.2 cm³/mol. The highest BCUT2D eigenvalue weighted by Gasteiger charge is 2.38. The highest BCUT2D eigenvalue weighted by molar-refractivity contribution is 5.84. The van der Waals surface area contributed by atoms with E-state index in [2.05, 4.69) is 0 Å². The smallest absolute Gasteiger partial charge is 0.326 e. The Morgan fingerprint density at radius 1 is 1.15 bits per heavy atom. The predicted octanol–water partition coefficient (Wildman–Crippen LogP) is 1.78. The maximum Gasteiger partial charge on any atom is 0.326 e. The summed E-state index contributed by atoms with van der Waals surface area (Å²) in [5, 5.41) is 18.6. The second-order valence-corrected chi connectivity index (χ2v) is 6.19. The molecule has 0 radical (unpaired) electrons. The molecule has 2 aliphatic rings. The molecule has 1 saturated heterocycles. The summed E-state index contributed by atoms with van der Waals surface area (Å²) in [6, 6.07) is -0.841. The number of hydrogen-bond acceptors (Lipinski definition) is 3. The summed E-state index contributed by atoms with van der Waals surface area (Å²) >= 11 is 0. The number of hydrogen-bond donors (Lipinski definition) is 2. The zero-order valence-corrected chi connectivity index (χ0v) is 12.0. The van der Waals surface area contributed by atoms with Crippen molar-refractivity contribution in [1.82, 2.24) is 4.90 Å². The van der Waals surface area contributed by atoms with Crippen LogP contribution in [-0.2, 0) is 9.59 Å². The molecule has 2 atom stereocenters. The standard InChI is InChI=1S/C15H25NO4/c17-12-9-13(15(19)20)16(10-12)14(18)8-4-7-11-5-2-1-3-6-11/h11-13,17H,1-10H2,(H,19,20)/t12-,13+/m1/s1. The van der Waals surface area contributed by atoms with Crippen molar-refractivity contribution in [2.75, 3.05) is 6.54 Å². The van der Waals surface area contributed by atoms with Gasteiger partial charge in [-0.05, 0) is 18.8 Å². The Morgan fingerprint density at radius 2 is 1.85 bits per heavy atom. The summed E-state index contributed by atoms with van der Waals surface area (Å²) < 4.78 is 0. The molecule has 2 N–H and O–H groups in total. The van der Waals surface area contributed by atoms with E-state index >= 15 is 0 Å². The highest BCUT2D eigenvalue weighted by atomic mass is 16.4. The molecule has 1 amide bonds. The number of β-amino-alcohol motifs (C(OH)–C–C–N with tert-alkyl or cyclic N) is 1. The molecule has 5 heteroatoms. The molecule has 0 aromatic rings. The summed E-state index contributed by atoms with van der Waals surface area (Å²) in [5.41, 5.74) is 0. The van der Waals surface area contributed by atoms with Gasteiger partial charge in [0.25, 0.3) is 0 Å². The molecule has 1 heterocycles. The summed E-state index contributed by atoms with van der Waals surface area (Å²) in [7, 11) is 0. The maximum atomic E-state index is 12.1. The number of carbonyl (C=O) groups is 2. The molecule has 2 fully saturated rings. The molecule has 0 aromatic heterocycles. The van der Waals surface area contributed by atoms with E-state index in [1.165, 1.54) is 37.0 Å². The summed E-state index contributed by atoms with van der Waals surface area (Å²) in [4.78, 5) is 24.5. The van der Waals surface area contributed by atoms with Crippen LogP contribution in [0.5, 0.6) is 0 Å². The number of rotatable bonds is 5. The summed E-state index contributed by atoms with van der Waals surface area (Å²) in [6.07, 6.45) is 8.26. The van der Waals surface area contributed by atoms with Gasteiger partial charge < -0.3 is 15.1 Å². The molecule has 5 nitrogen and oxygen atoms in total. The lowest BCUT2D eigenvalue weighted by Crippen LogP contribution is -2.40. The Kier molecular flexibility index (Phi) is 5.40. The number of aliphatic carboxylic acids is 1. The first kappa shape index (κ1) is 15.3. The van der Waals surface area contributed by atoms with E-state index in [-0.39, 0.29) is 18.9 Å². The number of carboxylic acid groups (broad SMARTS) is 1. The van der Waals surface area contributed by atoms with Crippen molar-refractivity contribution in [3.63, 3.8) is 0 Å². The fourth-order valence-corrected chi connectivity index (χ4v) is 3.48. The van der Waals surface area contributed by atoms with Crippen LogP contribution in [-0.4, -0.2) is 45.7 Å². The van der Waals surface area contributed by atoms with Crippen molar-refractivity contribution in [3.8, 4) is 0 Å². The molecule has 0 bridgehead atoms. The van der Waals surface area contributed by atoms with Crippen LogP contribution in [0.2, 0.25) is 0 Å². The summed E-state index contributed by atoms with van der Waals surface area (Å²) in [6.45, 7) is 0.166. The number of aliphatic hydroxyl groups is 1. The van der Waals surface area contributed by atoms with Crippen LogP contribution in [0.25, 0.3) is 0 Å². The van der Waals surface area contributed by atoms with E-state index in [0.717, 1.165) is 18.8 Å². The van der Waals surface area contributed by atoms with Crippen LogP contribution in [0.1, 0.15) is 57.8 Å². The molecule has 2 rings (SSSR count). The van der Waals surface area contributed by atoms with Crippen LogP contribution in [0, 0.1) is 5.92 Å². The van der Waals surface area contributed by atoms with Crippen LogP contribution in [0.4, 0.5) is 0 Å². The first-order chi connectivity index (χ1) is 9.58. The van der Waals surface area contributed by atoms with E-state index < -0.39 is 18.1 Å². The second kappa shape index (κ2) is 7.07. The van der Waals surface area contributed by atoms with Gasteiger partial charge in [0.05, 0.1) is 6.10 Å². The third kappa shape index (κ3) is 3.95. The van der Waals surface area contributed by atoms with Crippen molar-refractivity contribution < 1.29 is 19.8 Å². The van der Waals surface area contributed by atoms with Crippen molar-refractivity contribution in [2.24, 2.45) is 5.92 Å². The number of amides is 1. The molecule has 0 spiro atoms. The van der Waals surface area contributed by atoms with Gasteiger partial charge in [-0.25, -0.2) is 4.79 Å². The quantitative estimate of drug-likeness (QED) is 0.806. The lowest BCUT2D eigenvalue weighted by atomic mass is 9.86. The Morgan fingerprint density at radius 3 is 2.50 bits per heavy atom.